The molecule has 0 N–H and O–H groups in total. The van der Waals surface area contributed by atoms with Gasteiger partial charge in [-0.1, -0.05) is 6.42 Å². The summed E-state index contributed by atoms with van der Waals surface area (Å²) in [5.74, 6) is -0.803. The lowest BCUT2D eigenvalue weighted by atomic mass is 10.2. The molecule has 4 nitrogen and oxygen atoms in total. The number of hydrogen-bond acceptors (Lipinski definition) is 4. The first-order chi connectivity index (χ1) is 6.20. The van der Waals surface area contributed by atoms with Crippen molar-refractivity contribution in [2.45, 2.75) is 26.2 Å². The third-order valence-electron chi connectivity index (χ3n) is 1.24. The molecule has 0 aromatic rings. The topological polar surface area (TPSA) is 52.6 Å². The molecule has 0 spiro atoms. The highest BCUT2D eigenvalue weighted by molar-refractivity contribution is 5.73. The quantitative estimate of drug-likeness (QED) is 0.469. The number of carbonyl (C=O) groups is 2. The van der Waals surface area contributed by atoms with Gasteiger partial charge in [0.25, 0.3) is 0 Å². The summed E-state index contributed by atoms with van der Waals surface area (Å²) < 4.78 is 8.87. The molecule has 0 aromatic heterocycles. The summed E-state index contributed by atoms with van der Waals surface area (Å²) in [5.41, 5.74) is 0. The van der Waals surface area contributed by atoms with Crippen molar-refractivity contribution in [2.24, 2.45) is 0 Å². The first kappa shape index (κ1) is 11.5. The Labute approximate surface area is 77.2 Å². The molecule has 0 aliphatic heterocycles. The summed E-state index contributed by atoms with van der Waals surface area (Å²) in [5, 5.41) is 0. The highest BCUT2D eigenvalue weighted by Gasteiger charge is 2.05. The molecule has 0 heterocycles. The van der Waals surface area contributed by atoms with Crippen molar-refractivity contribution in [1.82, 2.24) is 0 Å². The van der Waals surface area contributed by atoms with Crippen molar-refractivity contribution in [3.8, 4) is 12.5 Å². The smallest absolute Gasteiger partial charge is 0.319 e. The molecule has 0 saturated heterocycles. The maximum absolute atomic E-state index is 10.8. The number of terminal acetylenes is 1. The fourth-order valence-corrected chi connectivity index (χ4v) is 0.727. The van der Waals surface area contributed by atoms with Crippen molar-refractivity contribution in [3.05, 3.63) is 0 Å². The predicted molar refractivity (Wildman–Crippen MR) is 45.4 cm³/mol. The Kier molecular flexibility index (Phi) is 6.34. The molecule has 0 radical (unpaired) electrons. The van der Waals surface area contributed by atoms with Crippen LogP contribution in [0.2, 0.25) is 0 Å². The van der Waals surface area contributed by atoms with Gasteiger partial charge >= 0.3 is 11.9 Å². The summed E-state index contributed by atoms with van der Waals surface area (Å²) in [6.45, 7) is 2.08. The molecule has 72 valence electrons. The average molecular weight is 184 g/mol. The van der Waals surface area contributed by atoms with Gasteiger partial charge in [-0.3, -0.25) is 9.59 Å². The minimum absolute atomic E-state index is 0.142. The van der Waals surface area contributed by atoms with Crippen LogP contribution in [0.1, 0.15) is 26.2 Å². The van der Waals surface area contributed by atoms with Crippen LogP contribution in [0, 0.1) is 12.5 Å². The zero-order valence-electron chi connectivity index (χ0n) is 7.54. The Balaban J connectivity index is 3.40. The van der Waals surface area contributed by atoms with E-state index >= 15 is 0 Å². The van der Waals surface area contributed by atoms with Gasteiger partial charge in [0.05, 0.1) is 6.61 Å². The van der Waals surface area contributed by atoms with Gasteiger partial charge in [0.2, 0.25) is 0 Å². The fraction of sp³-hybridized carbons (Fsp3) is 0.556. The fourth-order valence-electron chi connectivity index (χ4n) is 0.727. The molecule has 0 amide bonds. The molecule has 0 rings (SSSR count). The van der Waals surface area contributed by atoms with E-state index in [0.29, 0.717) is 13.0 Å². The number of ether oxygens (including phenoxy) is 2. The molecule has 0 unspecified atom stereocenters. The number of carbonyl (C=O) groups excluding carboxylic acids is 2. The van der Waals surface area contributed by atoms with E-state index in [1.807, 2.05) is 0 Å². The van der Waals surface area contributed by atoms with E-state index in [1.165, 1.54) is 0 Å². The van der Waals surface area contributed by atoms with Gasteiger partial charge in [0.1, 0.15) is 6.11 Å². The molecule has 0 fully saturated rings. The summed E-state index contributed by atoms with van der Waals surface area (Å²) in [4.78, 5) is 21.4. The maximum Gasteiger partial charge on any atom is 0.319 e. The Morgan fingerprint density at radius 1 is 1.31 bits per heavy atom. The second-order valence-corrected chi connectivity index (χ2v) is 2.25. The van der Waals surface area contributed by atoms with Gasteiger partial charge in [-0.05, 0) is 13.3 Å². The van der Waals surface area contributed by atoms with E-state index in [1.54, 1.807) is 13.0 Å². The van der Waals surface area contributed by atoms with Crippen molar-refractivity contribution in [2.75, 3.05) is 6.61 Å². The number of hydrogen-bond donors (Lipinski definition) is 0. The van der Waals surface area contributed by atoms with Crippen LogP contribution < -0.4 is 0 Å². The Bertz CT molecular complexity index is 214. The minimum Gasteiger partial charge on any atom is -0.466 e. The molecule has 0 aliphatic rings. The highest BCUT2D eigenvalue weighted by Crippen LogP contribution is 1.99. The van der Waals surface area contributed by atoms with Crippen molar-refractivity contribution < 1.29 is 19.1 Å². The summed E-state index contributed by atoms with van der Waals surface area (Å²) in [7, 11) is 0. The van der Waals surface area contributed by atoms with Crippen LogP contribution in [-0.2, 0) is 19.1 Å². The van der Waals surface area contributed by atoms with Gasteiger partial charge < -0.3 is 9.47 Å². The highest BCUT2D eigenvalue weighted by atomic mass is 16.5. The van der Waals surface area contributed by atoms with E-state index in [2.05, 4.69) is 9.47 Å². The molecule has 0 bridgehead atoms. The first-order valence-electron chi connectivity index (χ1n) is 4.01. The molecule has 0 saturated carbocycles. The van der Waals surface area contributed by atoms with Gasteiger partial charge in [0.15, 0.2) is 0 Å². The average Bonchev–Trinajstić information content (AvgIpc) is 2.05. The third kappa shape index (κ3) is 6.88. The van der Waals surface area contributed by atoms with Crippen LogP contribution in [-0.4, -0.2) is 18.5 Å². The predicted octanol–water partition coefficient (Wildman–Crippen LogP) is 0.854. The molecule has 4 heteroatoms. The maximum atomic E-state index is 10.8. The minimum atomic E-state index is -0.494. The largest absolute Gasteiger partial charge is 0.466 e. The van der Waals surface area contributed by atoms with E-state index in [-0.39, 0.29) is 18.8 Å². The van der Waals surface area contributed by atoms with E-state index in [0.717, 1.165) is 0 Å². The summed E-state index contributed by atoms with van der Waals surface area (Å²) >= 11 is 0. The normalized spacial score (nSPS) is 8.62. The standard InChI is InChI=1S/C9H12O4/c1-3-12-8(10)6-5-7-9(11)13-4-2/h1H,4-7H2,2H3. The van der Waals surface area contributed by atoms with E-state index in [9.17, 15) is 9.59 Å². The second-order valence-electron chi connectivity index (χ2n) is 2.25. The van der Waals surface area contributed by atoms with Crippen LogP contribution in [0.4, 0.5) is 0 Å². The second kappa shape index (κ2) is 7.17. The molecular formula is C9H12O4. The van der Waals surface area contributed by atoms with Crippen LogP contribution in [0.25, 0.3) is 0 Å². The van der Waals surface area contributed by atoms with Crippen LogP contribution in [0.15, 0.2) is 0 Å². The number of rotatable bonds is 5. The third-order valence-corrected chi connectivity index (χ3v) is 1.24. The molecule has 13 heavy (non-hydrogen) atoms. The Hall–Kier alpha value is -1.50. The van der Waals surface area contributed by atoms with Crippen molar-refractivity contribution in [1.29, 1.82) is 0 Å². The Morgan fingerprint density at radius 2 is 1.92 bits per heavy atom. The molecule has 0 aromatic carbocycles. The first-order valence-corrected chi connectivity index (χ1v) is 4.01. The molecule has 0 atom stereocenters. The lowest BCUT2D eigenvalue weighted by Crippen LogP contribution is -2.06. The Morgan fingerprint density at radius 3 is 2.46 bits per heavy atom. The summed E-state index contributed by atoms with van der Waals surface area (Å²) in [6, 6.07) is 0. The zero-order chi connectivity index (χ0) is 10.1. The van der Waals surface area contributed by atoms with E-state index in [4.69, 9.17) is 6.42 Å². The van der Waals surface area contributed by atoms with Crippen LogP contribution >= 0.6 is 0 Å². The monoisotopic (exact) mass is 184 g/mol. The van der Waals surface area contributed by atoms with Gasteiger partial charge in [0, 0.05) is 12.8 Å². The van der Waals surface area contributed by atoms with Gasteiger partial charge in [-0.2, -0.15) is 0 Å². The number of esters is 2. The van der Waals surface area contributed by atoms with Crippen molar-refractivity contribution >= 4 is 11.9 Å². The zero-order valence-corrected chi connectivity index (χ0v) is 7.54. The molecular weight excluding hydrogens is 172 g/mol. The van der Waals surface area contributed by atoms with Gasteiger partial charge in [-0.15, -0.1) is 0 Å². The van der Waals surface area contributed by atoms with Crippen LogP contribution in [0.5, 0.6) is 0 Å². The van der Waals surface area contributed by atoms with Crippen molar-refractivity contribution in [3.63, 3.8) is 0 Å². The molecule has 0 aliphatic carbocycles. The van der Waals surface area contributed by atoms with E-state index < -0.39 is 5.97 Å². The van der Waals surface area contributed by atoms with Crippen LogP contribution in [0.3, 0.4) is 0 Å². The summed E-state index contributed by atoms with van der Waals surface area (Å²) in [6.07, 6.45) is 7.25. The lowest BCUT2D eigenvalue weighted by Gasteiger charge is -1.99. The lowest BCUT2D eigenvalue weighted by molar-refractivity contribution is -0.143. The van der Waals surface area contributed by atoms with Gasteiger partial charge in [-0.25, -0.2) is 0 Å². The SMILES string of the molecule is C#COC(=O)CCCC(=O)OCC.